The average molecular weight is 314 g/mol. The van der Waals surface area contributed by atoms with E-state index in [2.05, 4.69) is 5.32 Å². The molecule has 0 fully saturated rings. The third kappa shape index (κ3) is 3.54. The maximum atomic E-state index is 12.5. The van der Waals surface area contributed by atoms with Crippen molar-refractivity contribution in [2.75, 3.05) is 11.9 Å². The molecule has 2 aromatic carbocycles. The molecule has 2 aromatic rings. The molecule has 0 atom stereocenters. The molecule has 120 valence electrons. The number of nitrogens with zero attached hydrogens (tertiary/aromatic N) is 1. The molecule has 0 radical (unpaired) electrons. The zero-order valence-electron chi connectivity index (χ0n) is 13.0. The first-order chi connectivity index (χ1) is 11.0. The van der Waals surface area contributed by atoms with Gasteiger partial charge in [-0.15, -0.1) is 0 Å². The molecule has 0 saturated carbocycles. The number of aliphatic hydroxyl groups is 1. The average Bonchev–Trinajstić information content (AvgIpc) is 2.51. The van der Waals surface area contributed by atoms with Crippen LogP contribution in [0.5, 0.6) is 0 Å². The number of rotatable bonds is 5. The van der Waals surface area contributed by atoms with Gasteiger partial charge in [-0.25, -0.2) is 0 Å². The second kappa shape index (κ2) is 7.02. The number of anilines is 1. The minimum atomic E-state index is -0.537. The Morgan fingerprint density at radius 3 is 2.57 bits per heavy atom. The van der Waals surface area contributed by atoms with E-state index in [-0.39, 0.29) is 17.9 Å². The second-order valence-corrected chi connectivity index (χ2v) is 5.25. The van der Waals surface area contributed by atoms with Gasteiger partial charge in [0.15, 0.2) is 0 Å². The van der Waals surface area contributed by atoms with Gasteiger partial charge < -0.3 is 10.4 Å². The largest absolute Gasteiger partial charge is 0.396 e. The van der Waals surface area contributed by atoms with Crippen molar-refractivity contribution >= 4 is 17.3 Å². The van der Waals surface area contributed by atoms with Crippen LogP contribution in [0.2, 0.25) is 0 Å². The summed E-state index contributed by atoms with van der Waals surface area (Å²) < 4.78 is 0. The maximum absolute atomic E-state index is 12.5. The van der Waals surface area contributed by atoms with E-state index in [1.54, 1.807) is 44.2 Å². The predicted octanol–water partition coefficient (Wildman–Crippen LogP) is 3.00. The summed E-state index contributed by atoms with van der Waals surface area (Å²) in [6.07, 6.45) is 0.394. The highest BCUT2D eigenvalue weighted by molar-refractivity contribution is 6.07. The topological polar surface area (TPSA) is 92.5 Å². The number of carbonyl (C=O) groups is 1. The number of aliphatic hydroxyl groups excluding tert-OH is 1. The van der Waals surface area contributed by atoms with Crippen molar-refractivity contribution in [1.29, 1.82) is 0 Å². The lowest BCUT2D eigenvalue weighted by Gasteiger charge is -2.12. The first-order valence-electron chi connectivity index (χ1n) is 7.20. The zero-order chi connectivity index (χ0) is 17.0. The number of benzene rings is 2. The Bertz CT molecular complexity index is 756. The lowest BCUT2D eigenvalue weighted by Crippen LogP contribution is -2.16. The van der Waals surface area contributed by atoms with E-state index in [1.165, 1.54) is 6.07 Å². The summed E-state index contributed by atoms with van der Waals surface area (Å²) in [5.74, 6) is -0.537. The van der Waals surface area contributed by atoms with Crippen LogP contribution in [-0.4, -0.2) is 22.5 Å². The minimum Gasteiger partial charge on any atom is -0.396 e. The van der Waals surface area contributed by atoms with Crippen LogP contribution in [0.15, 0.2) is 36.4 Å². The van der Waals surface area contributed by atoms with E-state index >= 15 is 0 Å². The summed E-state index contributed by atoms with van der Waals surface area (Å²) >= 11 is 0. The van der Waals surface area contributed by atoms with Crippen molar-refractivity contribution < 1.29 is 14.8 Å². The fourth-order valence-electron chi connectivity index (χ4n) is 2.39. The van der Waals surface area contributed by atoms with Crippen LogP contribution >= 0.6 is 0 Å². The fraction of sp³-hybridized carbons (Fsp3) is 0.235. The summed E-state index contributed by atoms with van der Waals surface area (Å²) in [7, 11) is 0. The van der Waals surface area contributed by atoms with Gasteiger partial charge in [0.25, 0.3) is 11.6 Å². The van der Waals surface area contributed by atoms with Crippen LogP contribution in [0.1, 0.15) is 27.0 Å². The Morgan fingerprint density at radius 2 is 1.91 bits per heavy atom. The number of carbonyl (C=O) groups excluding carboxylic acids is 1. The van der Waals surface area contributed by atoms with Gasteiger partial charge in [0.1, 0.15) is 5.56 Å². The monoisotopic (exact) mass is 314 g/mol. The van der Waals surface area contributed by atoms with Crippen LogP contribution < -0.4 is 5.32 Å². The van der Waals surface area contributed by atoms with E-state index in [1.807, 2.05) is 0 Å². The number of nitrogens with one attached hydrogen (secondary N) is 1. The molecule has 0 aromatic heterocycles. The van der Waals surface area contributed by atoms with Crippen LogP contribution in [0.3, 0.4) is 0 Å². The van der Waals surface area contributed by atoms with E-state index in [0.717, 1.165) is 11.1 Å². The fourth-order valence-corrected chi connectivity index (χ4v) is 2.39. The third-order valence-corrected chi connectivity index (χ3v) is 3.78. The molecule has 0 bridgehead atoms. The van der Waals surface area contributed by atoms with E-state index in [9.17, 15) is 14.9 Å². The van der Waals surface area contributed by atoms with E-state index in [4.69, 9.17) is 5.11 Å². The predicted molar refractivity (Wildman–Crippen MR) is 87.8 cm³/mol. The third-order valence-electron chi connectivity index (χ3n) is 3.78. The molecule has 0 spiro atoms. The van der Waals surface area contributed by atoms with Crippen molar-refractivity contribution in [1.82, 2.24) is 0 Å². The smallest absolute Gasteiger partial charge is 0.285 e. The molecule has 0 aliphatic heterocycles. The number of nitro groups is 1. The van der Waals surface area contributed by atoms with Crippen LogP contribution in [0, 0.1) is 24.0 Å². The SMILES string of the molecule is Cc1ccc(C(=O)Nc2ccccc2CCO)c([N+](=O)[O-])c1C. The Balaban J connectivity index is 2.39. The van der Waals surface area contributed by atoms with Gasteiger partial charge in [0, 0.05) is 17.9 Å². The molecular formula is C17H18N2O4. The van der Waals surface area contributed by atoms with Crippen LogP contribution in [-0.2, 0) is 6.42 Å². The van der Waals surface area contributed by atoms with Crippen LogP contribution in [0.4, 0.5) is 11.4 Å². The molecule has 1 amide bonds. The summed E-state index contributed by atoms with van der Waals surface area (Å²) in [5.41, 5.74) is 2.40. The van der Waals surface area contributed by atoms with Crippen molar-refractivity contribution in [3.63, 3.8) is 0 Å². The highest BCUT2D eigenvalue weighted by Crippen LogP contribution is 2.27. The Morgan fingerprint density at radius 1 is 1.22 bits per heavy atom. The van der Waals surface area contributed by atoms with Gasteiger partial charge in [-0.05, 0) is 43.5 Å². The molecule has 2 N–H and O–H groups in total. The lowest BCUT2D eigenvalue weighted by atomic mass is 10.0. The molecule has 0 heterocycles. The highest BCUT2D eigenvalue weighted by atomic mass is 16.6. The Kier molecular flexibility index (Phi) is 5.08. The molecule has 23 heavy (non-hydrogen) atoms. The van der Waals surface area contributed by atoms with Crippen molar-refractivity contribution in [2.45, 2.75) is 20.3 Å². The number of hydrogen-bond donors (Lipinski definition) is 2. The molecule has 6 heteroatoms. The molecule has 2 rings (SSSR count). The first-order valence-corrected chi connectivity index (χ1v) is 7.20. The molecule has 6 nitrogen and oxygen atoms in total. The molecule has 0 aliphatic carbocycles. The summed E-state index contributed by atoms with van der Waals surface area (Å²) in [6, 6.07) is 10.2. The number of amides is 1. The van der Waals surface area contributed by atoms with Crippen LogP contribution in [0.25, 0.3) is 0 Å². The molecule has 0 unspecified atom stereocenters. The van der Waals surface area contributed by atoms with Crippen molar-refractivity contribution in [3.05, 3.63) is 68.8 Å². The van der Waals surface area contributed by atoms with E-state index in [0.29, 0.717) is 17.7 Å². The second-order valence-electron chi connectivity index (χ2n) is 5.25. The quantitative estimate of drug-likeness (QED) is 0.655. The number of para-hydroxylation sites is 1. The number of nitro benzene ring substituents is 1. The maximum Gasteiger partial charge on any atom is 0.285 e. The lowest BCUT2D eigenvalue weighted by molar-refractivity contribution is -0.385. The summed E-state index contributed by atoms with van der Waals surface area (Å²) in [6.45, 7) is 3.35. The number of aryl methyl sites for hydroxylation is 1. The first kappa shape index (κ1) is 16.6. The Hall–Kier alpha value is -2.73. The Labute approximate surface area is 133 Å². The van der Waals surface area contributed by atoms with Gasteiger partial charge in [0.05, 0.1) is 4.92 Å². The minimum absolute atomic E-state index is 0.0249. The normalized spacial score (nSPS) is 10.4. The van der Waals surface area contributed by atoms with E-state index < -0.39 is 10.8 Å². The van der Waals surface area contributed by atoms with Crippen molar-refractivity contribution in [2.24, 2.45) is 0 Å². The molecular weight excluding hydrogens is 296 g/mol. The van der Waals surface area contributed by atoms with Gasteiger partial charge in [-0.3, -0.25) is 14.9 Å². The molecule has 0 saturated heterocycles. The standard InChI is InChI=1S/C17H18N2O4/c1-11-7-8-14(16(12(11)2)19(22)23)17(21)18-15-6-4-3-5-13(15)9-10-20/h3-8,20H,9-10H2,1-2H3,(H,18,21). The zero-order valence-corrected chi connectivity index (χ0v) is 13.0. The van der Waals surface area contributed by atoms with Gasteiger partial charge >= 0.3 is 0 Å². The van der Waals surface area contributed by atoms with Gasteiger partial charge in [0.2, 0.25) is 0 Å². The highest BCUT2D eigenvalue weighted by Gasteiger charge is 2.24. The summed E-state index contributed by atoms with van der Waals surface area (Å²) in [5, 5.41) is 23.1. The van der Waals surface area contributed by atoms with Gasteiger partial charge in [-0.2, -0.15) is 0 Å². The molecule has 0 aliphatic rings. The number of hydrogen-bond acceptors (Lipinski definition) is 4. The van der Waals surface area contributed by atoms with Gasteiger partial charge in [-0.1, -0.05) is 24.3 Å². The summed E-state index contributed by atoms with van der Waals surface area (Å²) in [4.78, 5) is 23.3. The van der Waals surface area contributed by atoms with Crippen molar-refractivity contribution in [3.8, 4) is 0 Å².